The van der Waals surface area contributed by atoms with Crippen LogP contribution >= 0.6 is 0 Å². The van der Waals surface area contributed by atoms with Crippen molar-refractivity contribution in [3.63, 3.8) is 0 Å². The fourth-order valence-corrected chi connectivity index (χ4v) is 1.38. The molecule has 0 saturated heterocycles. The third-order valence-corrected chi connectivity index (χ3v) is 2.36. The normalized spacial score (nSPS) is 20.7. The molecule has 0 aromatic heterocycles. The molecule has 1 unspecified atom stereocenters. The Hall–Kier alpha value is -0.0800. The van der Waals surface area contributed by atoms with E-state index in [1.165, 1.54) is 19.4 Å². The average Bonchev–Trinajstić information content (AvgIpc) is 2.82. The summed E-state index contributed by atoms with van der Waals surface area (Å²) in [6.07, 6.45) is 3.17. The quantitative estimate of drug-likeness (QED) is 0.599. The van der Waals surface area contributed by atoms with E-state index in [1.54, 1.807) is 7.11 Å². The maximum absolute atomic E-state index is 5.22. The van der Waals surface area contributed by atoms with E-state index in [9.17, 15) is 0 Å². The van der Waals surface area contributed by atoms with Crippen LogP contribution in [0.15, 0.2) is 0 Å². The molecule has 0 N–H and O–H groups in total. The first-order valence-electron chi connectivity index (χ1n) is 4.54. The minimum atomic E-state index is 0.385. The zero-order valence-corrected chi connectivity index (χ0v) is 7.84. The van der Waals surface area contributed by atoms with E-state index in [0.717, 1.165) is 12.6 Å². The molecule has 0 aromatic carbocycles. The van der Waals surface area contributed by atoms with Gasteiger partial charge in [-0.05, 0) is 26.3 Å². The van der Waals surface area contributed by atoms with E-state index in [2.05, 4.69) is 18.7 Å². The third kappa shape index (κ3) is 2.80. The molecule has 0 amide bonds. The highest BCUT2D eigenvalue weighted by Gasteiger charge is 2.28. The van der Waals surface area contributed by atoms with Crippen LogP contribution in [0.5, 0.6) is 0 Å². The van der Waals surface area contributed by atoms with Gasteiger partial charge in [-0.3, -0.25) is 4.90 Å². The molecule has 0 spiro atoms. The second-order valence-electron chi connectivity index (χ2n) is 3.37. The molecule has 1 rings (SSSR count). The summed E-state index contributed by atoms with van der Waals surface area (Å²) in [6, 6.07) is 0.873. The molecule has 1 aliphatic rings. The monoisotopic (exact) mass is 157 g/mol. The molecule has 2 heteroatoms. The molecule has 1 atom stereocenters. The van der Waals surface area contributed by atoms with E-state index in [4.69, 9.17) is 4.74 Å². The number of hydrogen-bond acceptors (Lipinski definition) is 2. The zero-order valence-electron chi connectivity index (χ0n) is 7.84. The molecule has 0 aliphatic heterocycles. The SMILES string of the molecule is CCN(CC(C)OC)C1CC1. The first kappa shape index (κ1) is 9.01. The smallest absolute Gasteiger partial charge is 0.0670 e. The van der Waals surface area contributed by atoms with Gasteiger partial charge in [0, 0.05) is 19.7 Å². The first-order valence-corrected chi connectivity index (χ1v) is 4.54. The lowest BCUT2D eigenvalue weighted by Gasteiger charge is -2.22. The fraction of sp³-hybridized carbons (Fsp3) is 1.00. The highest BCUT2D eigenvalue weighted by molar-refractivity contribution is 4.84. The van der Waals surface area contributed by atoms with Crippen LogP contribution < -0.4 is 0 Å². The Balaban J connectivity index is 2.19. The Morgan fingerprint density at radius 1 is 1.55 bits per heavy atom. The third-order valence-electron chi connectivity index (χ3n) is 2.36. The Bertz CT molecular complexity index is 112. The molecule has 1 saturated carbocycles. The second-order valence-corrected chi connectivity index (χ2v) is 3.37. The van der Waals surface area contributed by atoms with E-state index in [1.807, 2.05) is 0 Å². The summed E-state index contributed by atoms with van der Waals surface area (Å²) < 4.78 is 5.22. The summed E-state index contributed by atoms with van der Waals surface area (Å²) >= 11 is 0. The van der Waals surface area contributed by atoms with Gasteiger partial charge in [-0.25, -0.2) is 0 Å². The van der Waals surface area contributed by atoms with Gasteiger partial charge in [0.15, 0.2) is 0 Å². The molecular weight excluding hydrogens is 138 g/mol. The van der Waals surface area contributed by atoms with Gasteiger partial charge in [0.2, 0.25) is 0 Å². The van der Waals surface area contributed by atoms with Gasteiger partial charge in [-0.1, -0.05) is 6.92 Å². The Kier molecular flexibility index (Phi) is 3.34. The second kappa shape index (κ2) is 4.07. The Morgan fingerprint density at radius 2 is 2.18 bits per heavy atom. The summed E-state index contributed by atoms with van der Waals surface area (Å²) in [4.78, 5) is 2.51. The van der Waals surface area contributed by atoms with Crippen LogP contribution in [0.2, 0.25) is 0 Å². The first-order chi connectivity index (χ1) is 5.27. The maximum Gasteiger partial charge on any atom is 0.0670 e. The molecule has 0 bridgehead atoms. The summed E-state index contributed by atoms with van der Waals surface area (Å²) in [7, 11) is 1.78. The van der Waals surface area contributed by atoms with Crippen molar-refractivity contribution < 1.29 is 4.74 Å². The molecule has 1 aliphatic carbocycles. The summed E-state index contributed by atoms with van der Waals surface area (Å²) in [6.45, 7) is 6.61. The van der Waals surface area contributed by atoms with Crippen molar-refractivity contribution in [2.45, 2.75) is 38.8 Å². The average molecular weight is 157 g/mol. The fourth-order valence-electron chi connectivity index (χ4n) is 1.38. The minimum Gasteiger partial charge on any atom is -0.380 e. The zero-order chi connectivity index (χ0) is 8.27. The molecule has 1 fully saturated rings. The number of hydrogen-bond donors (Lipinski definition) is 0. The van der Waals surface area contributed by atoms with Gasteiger partial charge in [-0.2, -0.15) is 0 Å². The predicted octanol–water partition coefficient (Wildman–Crippen LogP) is 1.51. The van der Waals surface area contributed by atoms with Crippen LogP contribution in [-0.4, -0.2) is 37.2 Å². The number of nitrogens with zero attached hydrogens (tertiary/aromatic N) is 1. The van der Waals surface area contributed by atoms with Gasteiger partial charge in [0.05, 0.1) is 6.10 Å². The number of ether oxygens (including phenoxy) is 1. The van der Waals surface area contributed by atoms with E-state index < -0.39 is 0 Å². The predicted molar refractivity (Wildman–Crippen MR) is 46.7 cm³/mol. The summed E-state index contributed by atoms with van der Waals surface area (Å²) in [5, 5.41) is 0. The highest BCUT2D eigenvalue weighted by atomic mass is 16.5. The number of likely N-dealkylation sites (N-methyl/N-ethyl adjacent to an activating group) is 1. The summed E-state index contributed by atoms with van der Waals surface area (Å²) in [5.41, 5.74) is 0. The van der Waals surface area contributed by atoms with Crippen LogP contribution in [-0.2, 0) is 4.74 Å². The van der Waals surface area contributed by atoms with Crippen molar-refractivity contribution in [1.82, 2.24) is 4.90 Å². The van der Waals surface area contributed by atoms with Crippen LogP contribution in [0.25, 0.3) is 0 Å². The van der Waals surface area contributed by atoms with Crippen molar-refractivity contribution in [2.24, 2.45) is 0 Å². The van der Waals surface area contributed by atoms with Crippen LogP contribution in [0.1, 0.15) is 26.7 Å². The van der Waals surface area contributed by atoms with Gasteiger partial charge in [0.1, 0.15) is 0 Å². The van der Waals surface area contributed by atoms with E-state index in [0.29, 0.717) is 6.10 Å². The van der Waals surface area contributed by atoms with Gasteiger partial charge < -0.3 is 4.74 Å². The van der Waals surface area contributed by atoms with Crippen LogP contribution in [0.3, 0.4) is 0 Å². The lowest BCUT2D eigenvalue weighted by molar-refractivity contribution is 0.0761. The molecular formula is C9H19NO. The van der Waals surface area contributed by atoms with Crippen molar-refractivity contribution in [3.8, 4) is 0 Å². The van der Waals surface area contributed by atoms with Crippen molar-refractivity contribution in [1.29, 1.82) is 0 Å². The van der Waals surface area contributed by atoms with Crippen LogP contribution in [0.4, 0.5) is 0 Å². The lowest BCUT2D eigenvalue weighted by atomic mass is 10.3. The number of methoxy groups -OCH3 is 1. The van der Waals surface area contributed by atoms with Gasteiger partial charge in [-0.15, -0.1) is 0 Å². The topological polar surface area (TPSA) is 12.5 Å². The van der Waals surface area contributed by atoms with Gasteiger partial charge in [0.25, 0.3) is 0 Å². The summed E-state index contributed by atoms with van der Waals surface area (Å²) in [5.74, 6) is 0. The minimum absolute atomic E-state index is 0.385. The molecule has 11 heavy (non-hydrogen) atoms. The molecule has 2 nitrogen and oxygen atoms in total. The van der Waals surface area contributed by atoms with Crippen LogP contribution in [0, 0.1) is 0 Å². The molecule has 0 radical (unpaired) electrons. The standard InChI is InChI=1S/C9H19NO/c1-4-10(9-5-6-9)7-8(2)11-3/h8-9H,4-7H2,1-3H3. The van der Waals surface area contributed by atoms with E-state index >= 15 is 0 Å². The number of rotatable bonds is 5. The molecule has 0 heterocycles. The largest absolute Gasteiger partial charge is 0.380 e. The van der Waals surface area contributed by atoms with E-state index in [-0.39, 0.29) is 0 Å². The van der Waals surface area contributed by atoms with Crippen molar-refractivity contribution in [3.05, 3.63) is 0 Å². The molecule has 66 valence electrons. The van der Waals surface area contributed by atoms with Crippen molar-refractivity contribution >= 4 is 0 Å². The Labute approximate surface area is 69.5 Å². The lowest BCUT2D eigenvalue weighted by Crippen LogP contribution is -2.33. The van der Waals surface area contributed by atoms with Gasteiger partial charge >= 0.3 is 0 Å². The van der Waals surface area contributed by atoms with Crippen molar-refractivity contribution in [2.75, 3.05) is 20.2 Å². The maximum atomic E-state index is 5.22. The Morgan fingerprint density at radius 3 is 2.55 bits per heavy atom. The molecule has 0 aromatic rings. The highest BCUT2D eigenvalue weighted by Crippen LogP contribution is 2.26.